The van der Waals surface area contributed by atoms with Crippen molar-refractivity contribution in [1.82, 2.24) is 0 Å². The molecule has 0 aliphatic heterocycles. The van der Waals surface area contributed by atoms with Crippen LogP contribution in [0.1, 0.15) is 0 Å². The topological polar surface area (TPSA) is 46.2 Å². The van der Waals surface area contributed by atoms with Crippen LogP contribution in [0.3, 0.4) is 0 Å². The fourth-order valence-corrected chi connectivity index (χ4v) is 2.62. The van der Waals surface area contributed by atoms with E-state index in [9.17, 15) is 5.11 Å². The predicted octanol–water partition coefficient (Wildman–Crippen LogP) is 2.91. The molecule has 1 heterocycles. The van der Waals surface area contributed by atoms with E-state index in [0.29, 0.717) is 5.06 Å². The first-order valence-electron chi connectivity index (χ1n) is 3.76. The molecule has 0 aliphatic carbocycles. The van der Waals surface area contributed by atoms with Gasteiger partial charge in [-0.15, -0.1) is 11.8 Å². The van der Waals surface area contributed by atoms with Gasteiger partial charge in [-0.25, -0.2) is 0 Å². The Hall–Kier alpha value is -0.870. The van der Waals surface area contributed by atoms with Crippen LogP contribution in [-0.2, 0) is 0 Å². The number of nitrogen functional groups attached to an aromatic ring is 1. The Bertz CT molecular complexity index is 450. The molecule has 2 aromatic rings. The molecule has 2 nitrogen and oxygen atoms in total. The van der Waals surface area contributed by atoms with E-state index in [-0.39, 0.29) is 0 Å². The van der Waals surface area contributed by atoms with E-state index in [1.165, 1.54) is 11.3 Å². The first-order chi connectivity index (χ1) is 6.20. The van der Waals surface area contributed by atoms with E-state index < -0.39 is 0 Å². The maximum absolute atomic E-state index is 9.28. The van der Waals surface area contributed by atoms with Crippen molar-refractivity contribution in [3.8, 4) is 5.06 Å². The number of anilines is 1. The minimum atomic E-state index is 0.340. The molecule has 0 bridgehead atoms. The molecule has 0 atom stereocenters. The molecule has 0 aliphatic rings. The van der Waals surface area contributed by atoms with Gasteiger partial charge in [0.1, 0.15) is 0 Å². The first-order valence-corrected chi connectivity index (χ1v) is 5.81. The average molecular weight is 211 g/mol. The highest BCUT2D eigenvalue weighted by Crippen LogP contribution is 2.35. The van der Waals surface area contributed by atoms with E-state index >= 15 is 0 Å². The molecule has 0 radical (unpaired) electrons. The third kappa shape index (κ3) is 1.47. The summed E-state index contributed by atoms with van der Waals surface area (Å²) >= 11 is 2.97. The maximum Gasteiger partial charge on any atom is 0.172 e. The van der Waals surface area contributed by atoms with Gasteiger partial charge in [-0.3, -0.25) is 0 Å². The molecular formula is C9H9NOS2. The highest BCUT2D eigenvalue weighted by Gasteiger charge is 2.04. The molecule has 0 saturated heterocycles. The number of thioether (sulfide) groups is 1. The molecule has 0 amide bonds. The third-order valence-corrected chi connectivity index (χ3v) is 3.55. The summed E-state index contributed by atoms with van der Waals surface area (Å²) in [6.07, 6.45) is 1.99. The Morgan fingerprint density at radius 1 is 1.38 bits per heavy atom. The van der Waals surface area contributed by atoms with Crippen molar-refractivity contribution in [3.05, 3.63) is 18.2 Å². The van der Waals surface area contributed by atoms with Crippen molar-refractivity contribution in [3.63, 3.8) is 0 Å². The van der Waals surface area contributed by atoms with Crippen molar-refractivity contribution in [1.29, 1.82) is 0 Å². The van der Waals surface area contributed by atoms with E-state index in [1.807, 2.05) is 18.4 Å². The molecule has 1 aromatic carbocycles. The van der Waals surface area contributed by atoms with Gasteiger partial charge in [-0.1, -0.05) is 11.3 Å². The summed E-state index contributed by atoms with van der Waals surface area (Å²) in [6.45, 7) is 0. The van der Waals surface area contributed by atoms with E-state index in [1.54, 1.807) is 17.8 Å². The van der Waals surface area contributed by atoms with Crippen molar-refractivity contribution in [2.75, 3.05) is 12.0 Å². The normalized spacial score (nSPS) is 10.8. The van der Waals surface area contributed by atoms with Crippen LogP contribution < -0.4 is 5.73 Å². The van der Waals surface area contributed by atoms with Crippen LogP contribution in [0.15, 0.2) is 23.1 Å². The van der Waals surface area contributed by atoms with Crippen molar-refractivity contribution < 1.29 is 5.11 Å². The SMILES string of the molecule is CSc1cc2cc(O)sc2cc1N. The zero-order valence-electron chi connectivity index (χ0n) is 7.07. The van der Waals surface area contributed by atoms with Crippen LogP contribution in [0.2, 0.25) is 0 Å². The van der Waals surface area contributed by atoms with Crippen molar-refractivity contribution >= 4 is 38.9 Å². The van der Waals surface area contributed by atoms with Gasteiger partial charge in [0.2, 0.25) is 0 Å². The summed E-state index contributed by atoms with van der Waals surface area (Å²) in [5.41, 5.74) is 6.59. The standard InChI is InChI=1S/C9H9NOS2/c1-12-8-2-5-3-9(11)13-7(5)4-6(8)10/h2-4,11H,10H2,1H3. The monoisotopic (exact) mass is 211 g/mol. The minimum Gasteiger partial charge on any atom is -0.499 e. The lowest BCUT2D eigenvalue weighted by Gasteiger charge is -2.00. The molecule has 13 heavy (non-hydrogen) atoms. The van der Waals surface area contributed by atoms with Crippen LogP contribution in [0.5, 0.6) is 5.06 Å². The lowest BCUT2D eigenvalue weighted by atomic mass is 10.2. The molecule has 3 N–H and O–H groups in total. The van der Waals surface area contributed by atoms with Crippen LogP contribution in [0, 0.1) is 0 Å². The Balaban J connectivity index is 2.72. The molecular weight excluding hydrogens is 202 g/mol. The van der Waals surface area contributed by atoms with E-state index in [0.717, 1.165) is 20.7 Å². The summed E-state index contributed by atoms with van der Waals surface area (Å²) in [5, 5.41) is 10.7. The Labute approximate surface area is 84.4 Å². The molecule has 1 aromatic heterocycles. The third-order valence-electron chi connectivity index (χ3n) is 1.86. The van der Waals surface area contributed by atoms with Crippen LogP contribution >= 0.6 is 23.1 Å². The summed E-state index contributed by atoms with van der Waals surface area (Å²) in [5.74, 6) is 0. The fourth-order valence-electron chi connectivity index (χ4n) is 1.24. The molecule has 2 rings (SSSR count). The number of hydrogen-bond donors (Lipinski definition) is 2. The second kappa shape index (κ2) is 3.12. The zero-order valence-corrected chi connectivity index (χ0v) is 8.71. The molecule has 0 spiro atoms. The minimum absolute atomic E-state index is 0.340. The number of fused-ring (bicyclic) bond motifs is 1. The van der Waals surface area contributed by atoms with Gasteiger partial charge in [0.25, 0.3) is 0 Å². The van der Waals surface area contributed by atoms with Crippen LogP contribution in [0.4, 0.5) is 5.69 Å². The van der Waals surface area contributed by atoms with Gasteiger partial charge in [0.15, 0.2) is 5.06 Å². The van der Waals surface area contributed by atoms with Crippen molar-refractivity contribution in [2.24, 2.45) is 0 Å². The lowest BCUT2D eigenvalue weighted by Crippen LogP contribution is -1.86. The summed E-state index contributed by atoms with van der Waals surface area (Å²) in [6, 6.07) is 5.68. The average Bonchev–Trinajstić information content (AvgIpc) is 2.42. The number of thiophene rings is 1. The van der Waals surface area contributed by atoms with Gasteiger partial charge < -0.3 is 10.8 Å². The first kappa shape index (κ1) is 8.72. The zero-order chi connectivity index (χ0) is 9.42. The summed E-state index contributed by atoms with van der Waals surface area (Å²) in [7, 11) is 0. The number of nitrogens with two attached hydrogens (primary N) is 1. The van der Waals surface area contributed by atoms with Crippen LogP contribution in [0.25, 0.3) is 10.1 Å². The van der Waals surface area contributed by atoms with Gasteiger partial charge in [-0.05, 0) is 29.8 Å². The van der Waals surface area contributed by atoms with Gasteiger partial charge >= 0.3 is 0 Å². The highest BCUT2D eigenvalue weighted by molar-refractivity contribution is 7.98. The Morgan fingerprint density at radius 3 is 2.85 bits per heavy atom. The molecule has 0 saturated carbocycles. The largest absolute Gasteiger partial charge is 0.499 e. The number of aromatic hydroxyl groups is 1. The van der Waals surface area contributed by atoms with Gasteiger partial charge in [0, 0.05) is 15.3 Å². The van der Waals surface area contributed by atoms with Gasteiger partial charge in [0.05, 0.1) is 0 Å². The smallest absolute Gasteiger partial charge is 0.172 e. The predicted molar refractivity (Wildman–Crippen MR) is 59.7 cm³/mol. The molecule has 0 fully saturated rings. The quantitative estimate of drug-likeness (QED) is 0.563. The van der Waals surface area contributed by atoms with E-state index in [4.69, 9.17) is 5.73 Å². The fraction of sp³-hybridized carbons (Fsp3) is 0.111. The number of benzene rings is 1. The second-order valence-electron chi connectivity index (χ2n) is 2.72. The summed E-state index contributed by atoms with van der Waals surface area (Å²) in [4.78, 5) is 1.06. The Kier molecular flexibility index (Phi) is 2.09. The molecule has 68 valence electrons. The summed E-state index contributed by atoms with van der Waals surface area (Å²) < 4.78 is 1.04. The number of hydrogen-bond acceptors (Lipinski definition) is 4. The molecule has 4 heteroatoms. The van der Waals surface area contributed by atoms with Crippen LogP contribution in [-0.4, -0.2) is 11.4 Å². The highest BCUT2D eigenvalue weighted by atomic mass is 32.2. The van der Waals surface area contributed by atoms with E-state index in [2.05, 4.69) is 0 Å². The van der Waals surface area contributed by atoms with Gasteiger partial charge in [-0.2, -0.15) is 0 Å². The maximum atomic E-state index is 9.28. The lowest BCUT2D eigenvalue weighted by molar-refractivity contribution is 0.491. The van der Waals surface area contributed by atoms with Crippen molar-refractivity contribution in [2.45, 2.75) is 4.90 Å². The molecule has 0 unspecified atom stereocenters. The number of rotatable bonds is 1. The Morgan fingerprint density at radius 2 is 2.15 bits per heavy atom. The second-order valence-corrected chi connectivity index (χ2v) is 4.63.